The van der Waals surface area contributed by atoms with Gasteiger partial charge in [-0.15, -0.1) is 8.42 Å². The molecule has 0 amide bonds. The minimum absolute atomic E-state index is 0. The number of rotatable bonds is 0. The maximum Gasteiger partial charge on any atom is 0.544 e. The van der Waals surface area contributed by atoms with Crippen LogP contribution in [0.4, 0.5) is 4.79 Å². The predicted molar refractivity (Wildman–Crippen MR) is 23.2 cm³/mol. The summed E-state index contributed by atoms with van der Waals surface area (Å²) in [6, 6.07) is 0. The van der Waals surface area contributed by atoms with Crippen LogP contribution >= 0.6 is 0 Å². The molecule has 1 aliphatic rings. The predicted octanol–water partition coefficient (Wildman–Crippen LogP) is 0.0341. The molecular weight excluding hydrogens is 136 g/mol. The molecule has 0 N–H and O–H groups in total. The van der Waals surface area contributed by atoms with Crippen LogP contribution in [-0.4, -0.2) is 14.6 Å². The van der Waals surface area contributed by atoms with E-state index in [9.17, 15) is 13.2 Å². The average molecular weight is 140 g/mol. The third-order valence-electron chi connectivity index (χ3n) is 0.340. The molecule has 0 spiro atoms. The normalized spacial score (nSPS) is 21.2. The Morgan fingerprint density at radius 1 is 1.25 bits per heavy atom. The monoisotopic (exact) mass is 140 g/mol. The first-order valence-corrected chi connectivity index (χ1v) is 2.61. The van der Waals surface area contributed by atoms with Gasteiger partial charge in [-0.1, -0.05) is 7.43 Å². The van der Waals surface area contributed by atoms with Crippen LogP contribution in [0.2, 0.25) is 0 Å². The Labute approximate surface area is 46.5 Å². The highest BCUT2D eigenvalue weighted by Gasteiger charge is 2.35. The van der Waals surface area contributed by atoms with E-state index >= 15 is 0 Å². The van der Waals surface area contributed by atoms with Gasteiger partial charge in [0.05, 0.1) is 0 Å². The van der Waals surface area contributed by atoms with Gasteiger partial charge in [0, 0.05) is 0 Å². The van der Waals surface area contributed by atoms with E-state index in [0.29, 0.717) is 0 Å². The summed E-state index contributed by atoms with van der Waals surface area (Å²) in [6.45, 7) is 0. The van der Waals surface area contributed by atoms with Gasteiger partial charge in [-0.05, 0) is 0 Å². The van der Waals surface area contributed by atoms with Gasteiger partial charge in [0.2, 0.25) is 0 Å². The maximum atomic E-state index is 9.63. The van der Waals surface area contributed by atoms with Crippen molar-refractivity contribution in [1.29, 1.82) is 0 Å². The van der Waals surface area contributed by atoms with Gasteiger partial charge in [0.25, 0.3) is 0 Å². The quantitative estimate of drug-likeness (QED) is 0.475. The number of carbonyl (C=O) groups is 1. The van der Waals surface area contributed by atoms with Crippen molar-refractivity contribution in [1.82, 2.24) is 0 Å². The molecule has 5 nitrogen and oxygen atoms in total. The second-order valence-corrected chi connectivity index (χ2v) is 1.97. The van der Waals surface area contributed by atoms with Crippen molar-refractivity contribution < 1.29 is 21.6 Å². The van der Waals surface area contributed by atoms with E-state index in [1.165, 1.54) is 0 Å². The van der Waals surface area contributed by atoms with Gasteiger partial charge >= 0.3 is 16.6 Å². The van der Waals surface area contributed by atoms with Crippen molar-refractivity contribution in [2.45, 2.75) is 7.43 Å². The Balaban J connectivity index is 0.000000490. The first-order chi connectivity index (χ1) is 3.10. The molecule has 1 rings (SSSR count). The van der Waals surface area contributed by atoms with E-state index < -0.39 is 16.6 Å². The number of hydrogen-bond donors (Lipinski definition) is 0. The van der Waals surface area contributed by atoms with E-state index in [2.05, 4.69) is 8.37 Å². The van der Waals surface area contributed by atoms with Gasteiger partial charge < -0.3 is 0 Å². The van der Waals surface area contributed by atoms with E-state index in [4.69, 9.17) is 0 Å². The Morgan fingerprint density at radius 2 is 1.62 bits per heavy atom. The summed E-state index contributed by atoms with van der Waals surface area (Å²) in [5.41, 5.74) is 0. The number of hydrogen-bond acceptors (Lipinski definition) is 5. The molecule has 0 saturated carbocycles. The minimum atomic E-state index is -3.88. The maximum absolute atomic E-state index is 9.63. The zero-order chi connectivity index (χ0) is 5.49. The van der Waals surface area contributed by atoms with Crippen LogP contribution in [0.3, 0.4) is 0 Å². The molecular formula is C2H4O5S. The Kier molecular flexibility index (Phi) is 1.46. The fraction of sp³-hybridized carbons (Fsp3) is 0.500. The molecule has 1 aliphatic heterocycles. The Bertz CT molecular complexity index is 174. The van der Waals surface area contributed by atoms with Crippen LogP contribution in [-0.2, 0) is 18.8 Å². The van der Waals surface area contributed by atoms with Crippen LogP contribution in [0.1, 0.15) is 7.43 Å². The highest BCUT2D eigenvalue weighted by Crippen LogP contribution is 2.09. The van der Waals surface area contributed by atoms with Crippen molar-refractivity contribution >= 4 is 16.6 Å². The van der Waals surface area contributed by atoms with E-state index in [1.807, 2.05) is 0 Å². The molecule has 6 heteroatoms. The summed E-state index contributed by atoms with van der Waals surface area (Å²) in [5.74, 6) is 0. The smallest absolute Gasteiger partial charge is 0.280 e. The lowest BCUT2D eigenvalue weighted by molar-refractivity contribution is 0.106. The molecule has 1 heterocycles. The highest BCUT2D eigenvalue weighted by molar-refractivity contribution is 7.84. The fourth-order valence-electron chi connectivity index (χ4n) is 0.173. The fourth-order valence-corrected chi connectivity index (χ4v) is 0.519. The Morgan fingerprint density at radius 3 is 1.62 bits per heavy atom. The lowest BCUT2D eigenvalue weighted by atomic mass is 11.5. The van der Waals surface area contributed by atoms with Crippen molar-refractivity contribution in [2.24, 2.45) is 0 Å². The summed E-state index contributed by atoms with van der Waals surface area (Å²) in [6.07, 6.45) is -1.17. The second-order valence-electron chi connectivity index (χ2n) is 0.825. The molecule has 48 valence electrons. The summed E-state index contributed by atoms with van der Waals surface area (Å²) in [4.78, 5) is 9.49. The standard InChI is InChI=1S/CO5S.CH4/c2-1-5-7(3,4)6-1;/h;1H4. The van der Waals surface area contributed by atoms with Gasteiger partial charge in [-0.3, -0.25) is 8.37 Å². The first-order valence-electron chi connectivity index (χ1n) is 1.28. The summed E-state index contributed by atoms with van der Waals surface area (Å²) in [5, 5.41) is 0. The largest absolute Gasteiger partial charge is 0.544 e. The molecule has 1 fully saturated rings. The molecule has 0 atom stereocenters. The molecule has 0 unspecified atom stereocenters. The van der Waals surface area contributed by atoms with Crippen molar-refractivity contribution in [2.75, 3.05) is 0 Å². The molecule has 8 heavy (non-hydrogen) atoms. The average Bonchev–Trinajstić information content (AvgIpc) is 1.27. The van der Waals surface area contributed by atoms with Crippen LogP contribution < -0.4 is 0 Å². The van der Waals surface area contributed by atoms with Crippen molar-refractivity contribution in [3.8, 4) is 0 Å². The Hall–Kier alpha value is -0.780. The third kappa shape index (κ3) is 1.09. The molecule has 0 bridgehead atoms. The SMILES string of the molecule is C.O=C1OS(=O)(=O)O1. The van der Waals surface area contributed by atoms with Crippen LogP contribution in [0.25, 0.3) is 0 Å². The highest BCUT2D eigenvalue weighted by atomic mass is 32.3. The lowest BCUT2D eigenvalue weighted by Crippen LogP contribution is -2.29. The summed E-state index contributed by atoms with van der Waals surface area (Å²) in [7, 11) is -3.88. The van der Waals surface area contributed by atoms with Crippen LogP contribution in [0.15, 0.2) is 0 Å². The summed E-state index contributed by atoms with van der Waals surface area (Å²) >= 11 is 0. The zero-order valence-electron chi connectivity index (χ0n) is 2.95. The van der Waals surface area contributed by atoms with Crippen LogP contribution in [0, 0.1) is 0 Å². The van der Waals surface area contributed by atoms with Gasteiger partial charge in [-0.25, -0.2) is 4.79 Å². The minimum Gasteiger partial charge on any atom is -0.280 e. The molecule has 0 aromatic rings. The van der Waals surface area contributed by atoms with E-state index in [1.54, 1.807) is 0 Å². The molecule has 0 aliphatic carbocycles. The number of carbonyl (C=O) groups excluding carboxylic acids is 1. The van der Waals surface area contributed by atoms with Gasteiger partial charge in [0.15, 0.2) is 0 Å². The lowest BCUT2D eigenvalue weighted by Gasteiger charge is -2.08. The first kappa shape index (κ1) is 7.22. The zero-order valence-corrected chi connectivity index (χ0v) is 3.77. The molecule has 1 saturated heterocycles. The van der Waals surface area contributed by atoms with Crippen molar-refractivity contribution in [3.05, 3.63) is 0 Å². The van der Waals surface area contributed by atoms with Gasteiger partial charge in [-0.2, -0.15) is 0 Å². The molecule has 0 aromatic carbocycles. The topological polar surface area (TPSA) is 69.7 Å². The molecule has 0 radical (unpaired) electrons. The van der Waals surface area contributed by atoms with Crippen LogP contribution in [0.5, 0.6) is 0 Å². The van der Waals surface area contributed by atoms with Gasteiger partial charge in [0.1, 0.15) is 0 Å². The second kappa shape index (κ2) is 1.62. The van der Waals surface area contributed by atoms with E-state index in [0.717, 1.165) is 0 Å². The molecule has 0 aromatic heterocycles. The third-order valence-corrected chi connectivity index (χ3v) is 1.02. The summed E-state index contributed by atoms with van der Waals surface area (Å²) < 4.78 is 26.1. The van der Waals surface area contributed by atoms with E-state index in [-0.39, 0.29) is 7.43 Å². The van der Waals surface area contributed by atoms with Crippen molar-refractivity contribution in [3.63, 3.8) is 0 Å².